The second-order valence-electron chi connectivity index (χ2n) is 10.6. The van der Waals surface area contributed by atoms with E-state index in [1.54, 1.807) is 20.8 Å². The lowest BCUT2D eigenvalue weighted by atomic mass is 9.65. The highest BCUT2D eigenvalue weighted by molar-refractivity contribution is 7.88. The van der Waals surface area contributed by atoms with Gasteiger partial charge in [0.05, 0.1) is 29.6 Å². The van der Waals surface area contributed by atoms with Crippen molar-refractivity contribution in [2.75, 3.05) is 6.26 Å². The van der Waals surface area contributed by atoms with Crippen molar-refractivity contribution in [2.24, 2.45) is 17.8 Å². The minimum absolute atomic E-state index is 0.0149. The molecule has 7 nitrogen and oxygen atoms in total. The van der Waals surface area contributed by atoms with Crippen molar-refractivity contribution in [3.8, 4) is 0 Å². The van der Waals surface area contributed by atoms with Crippen LogP contribution in [-0.2, 0) is 21.7 Å². The van der Waals surface area contributed by atoms with Gasteiger partial charge in [-0.1, -0.05) is 13.0 Å². The standard InChI is InChI=1S/C21H29F3N4O3S/c1-11-6-12-13-8-20(7-11,27-32(5,30)31)9-14(13)16(12)26-18(29)15-10-25-28(19(2,3)4)17(15)21(22,23)24/h6,10-11,13-14,16,27H,7-9H2,1-5H3,(H,26,29). The monoisotopic (exact) mass is 474 g/mol. The van der Waals surface area contributed by atoms with E-state index in [-0.39, 0.29) is 17.8 Å². The van der Waals surface area contributed by atoms with Crippen molar-refractivity contribution in [3.63, 3.8) is 0 Å². The predicted octanol–water partition coefficient (Wildman–Crippen LogP) is 3.05. The number of hydrogen-bond donors (Lipinski definition) is 2. The van der Waals surface area contributed by atoms with Gasteiger partial charge in [0, 0.05) is 5.54 Å². The summed E-state index contributed by atoms with van der Waals surface area (Å²) >= 11 is 0. The first kappa shape index (κ1) is 23.3. The Kier molecular flexibility index (Phi) is 5.14. The first-order valence-electron chi connectivity index (χ1n) is 10.7. The maximum atomic E-state index is 13.8. The number of sulfonamides is 1. The molecule has 1 amide bonds. The highest BCUT2D eigenvalue weighted by Crippen LogP contribution is 2.59. The van der Waals surface area contributed by atoms with E-state index in [1.807, 2.05) is 13.0 Å². The second kappa shape index (κ2) is 7.06. The van der Waals surface area contributed by atoms with Crippen molar-refractivity contribution in [2.45, 2.75) is 70.3 Å². The molecule has 1 aromatic rings. The lowest BCUT2D eigenvalue weighted by Crippen LogP contribution is -2.53. The van der Waals surface area contributed by atoms with E-state index in [0.717, 1.165) is 22.7 Å². The molecule has 0 radical (unpaired) electrons. The fourth-order valence-electron chi connectivity index (χ4n) is 5.94. The zero-order chi connectivity index (χ0) is 23.9. The van der Waals surface area contributed by atoms with Crippen LogP contribution in [0.15, 0.2) is 17.8 Å². The summed E-state index contributed by atoms with van der Waals surface area (Å²) in [4.78, 5) is 13.0. The Bertz CT molecular complexity index is 1090. The van der Waals surface area contributed by atoms with E-state index >= 15 is 0 Å². The van der Waals surface area contributed by atoms with E-state index in [4.69, 9.17) is 0 Å². The van der Waals surface area contributed by atoms with Gasteiger partial charge in [-0.2, -0.15) is 18.3 Å². The molecule has 5 atom stereocenters. The summed E-state index contributed by atoms with van der Waals surface area (Å²) in [5, 5.41) is 6.66. The van der Waals surface area contributed by atoms with E-state index in [0.29, 0.717) is 19.3 Å². The number of fused-ring (bicyclic) bond motifs is 1. The lowest BCUT2D eigenvalue weighted by molar-refractivity contribution is -0.146. The predicted molar refractivity (Wildman–Crippen MR) is 112 cm³/mol. The third-order valence-corrected chi connectivity index (χ3v) is 7.57. The molecule has 2 bridgehead atoms. The van der Waals surface area contributed by atoms with Crippen LogP contribution in [0.5, 0.6) is 0 Å². The Morgan fingerprint density at radius 2 is 1.88 bits per heavy atom. The number of rotatable bonds is 4. The van der Waals surface area contributed by atoms with Crippen molar-refractivity contribution >= 4 is 15.9 Å². The summed E-state index contributed by atoms with van der Waals surface area (Å²) in [6.07, 6.45) is 1.26. The van der Waals surface area contributed by atoms with Crippen LogP contribution in [0.4, 0.5) is 13.2 Å². The number of alkyl halides is 3. The van der Waals surface area contributed by atoms with Gasteiger partial charge in [-0.15, -0.1) is 0 Å². The molecule has 178 valence electrons. The number of amides is 1. The van der Waals surface area contributed by atoms with Crippen molar-refractivity contribution < 1.29 is 26.4 Å². The number of allylic oxidation sites excluding steroid dienone is 1. The van der Waals surface area contributed by atoms with Crippen LogP contribution in [0, 0.1) is 17.8 Å². The van der Waals surface area contributed by atoms with Gasteiger partial charge < -0.3 is 5.32 Å². The number of nitrogens with one attached hydrogen (secondary N) is 2. The summed E-state index contributed by atoms with van der Waals surface area (Å²) in [6.45, 7) is 6.76. The average molecular weight is 475 g/mol. The molecule has 2 fully saturated rings. The Balaban J connectivity index is 1.62. The molecule has 2 N–H and O–H groups in total. The molecular weight excluding hydrogens is 445 g/mol. The van der Waals surface area contributed by atoms with Crippen LogP contribution in [0.25, 0.3) is 0 Å². The van der Waals surface area contributed by atoms with Gasteiger partial charge in [-0.25, -0.2) is 13.1 Å². The molecule has 3 aliphatic carbocycles. The summed E-state index contributed by atoms with van der Waals surface area (Å²) in [5.41, 5.74) is -2.12. The number of hydrogen-bond acceptors (Lipinski definition) is 4. The average Bonchev–Trinajstić information content (AvgIpc) is 3.13. The second-order valence-corrected chi connectivity index (χ2v) is 12.4. The van der Waals surface area contributed by atoms with Crippen LogP contribution in [0.2, 0.25) is 0 Å². The normalized spacial score (nSPS) is 32.2. The van der Waals surface area contributed by atoms with Crippen LogP contribution in [0.3, 0.4) is 0 Å². The smallest absolute Gasteiger partial charge is 0.345 e. The zero-order valence-electron chi connectivity index (χ0n) is 18.7. The van der Waals surface area contributed by atoms with Gasteiger partial charge in [-0.3, -0.25) is 9.48 Å². The fraction of sp³-hybridized carbons (Fsp3) is 0.714. The lowest BCUT2D eigenvalue weighted by Gasteiger charge is -2.45. The number of carbonyl (C=O) groups is 1. The molecule has 4 rings (SSSR count). The summed E-state index contributed by atoms with van der Waals surface area (Å²) in [7, 11) is -3.43. The minimum Gasteiger partial charge on any atom is -0.345 e. The van der Waals surface area contributed by atoms with Gasteiger partial charge in [0.1, 0.15) is 0 Å². The van der Waals surface area contributed by atoms with Crippen LogP contribution in [0.1, 0.15) is 63.0 Å². The Morgan fingerprint density at radius 3 is 2.44 bits per heavy atom. The zero-order valence-corrected chi connectivity index (χ0v) is 19.6. The van der Waals surface area contributed by atoms with E-state index in [9.17, 15) is 26.4 Å². The summed E-state index contributed by atoms with van der Waals surface area (Å²) in [5.74, 6) is -0.624. The van der Waals surface area contributed by atoms with E-state index < -0.39 is 50.5 Å². The molecule has 0 spiro atoms. The molecule has 5 unspecified atom stereocenters. The fourth-order valence-corrected chi connectivity index (χ4v) is 6.98. The van der Waals surface area contributed by atoms with Crippen LogP contribution < -0.4 is 10.0 Å². The number of halogens is 3. The molecular formula is C21H29F3N4O3S. The molecule has 1 aromatic heterocycles. The molecule has 0 aliphatic heterocycles. The molecule has 0 saturated heterocycles. The third kappa shape index (κ3) is 3.98. The highest BCUT2D eigenvalue weighted by atomic mass is 32.2. The number of nitrogens with zero attached hydrogens (tertiary/aromatic N) is 2. The molecule has 0 aromatic carbocycles. The number of carbonyl (C=O) groups excluding carboxylic acids is 1. The molecule has 1 heterocycles. The topological polar surface area (TPSA) is 93.1 Å². The van der Waals surface area contributed by atoms with Gasteiger partial charge >= 0.3 is 6.18 Å². The van der Waals surface area contributed by atoms with Gasteiger partial charge in [0.25, 0.3) is 5.91 Å². The maximum Gasteiger partial charge on any atom is 0.433 e. The molecule has 11 heteroatoms. The third-order valence-electron chi connectivity index (χ3n) is 6.77. The maximum absolute atomic E-state index is 13.8. The van der Waals surface area contributed by atoms with Crippen molar-refractivity contribution in [3.05, 3.63) is 29.1 Å². The highest BCUT2D eigenvalue weighted by Gasteiger charge is 2.60. The molecule has 32 heavy (non-hydrogen) atoms. The minimum atomic E-state index is -4.74. The van der Waals surface area contributed by atoms with Gasteiger partial charge in [0.2, 0.25) is 10.0 Å². The molecule has 2 saturated carbocycles. The first-order chi connectivity index (χ1) is 14.5. The summed E-state index contributed by atoms with van der Waals surface area (Å²) < 4.78 is 69.1. The van der Waals surface area contributed by atoms with E-state index in [2.05, 4.69) is 15.1 Å². The first-order valence-corrected chi connectivity index (χ1v) is 12.6. The van der Waals surface area contributed by atoms with Gasteiger partial charge in [0.15, 0.2) is 5.69 Å². The quantitative estimate of drug-likeness (QED) is 0.656. The Hall–Kier alpha value is -1.88. The van der Waals surface area contributed by atoms with Crippen LogP contribution in [-0.4, -0.2) is 41.9 Å². The van der Waals surface area contributed by atoms with E-state index in [1.165, 1.54) is 0 Å². The van der Waals surface area contributed by atoms with Crippen molar-refractivity contribution in [1.82, 2.24) is 19.8 Å². The molecule has 3 aliphatic rings. The van der Waals surface area contributed by atoms with Crippen LogP contribution >= 0.6 is 0 Å². The number of aromatic nitrogens is 2. The summed E-state index contributed by atoms with van der Waals surface area (Å²) in [6, 6.07) is -0.405. The SMILES string of the molecule is CC1C=C2C3CC(NS(C)(=O)=O)(C1)CC3C2NC(=O)c1cnn(C(C)(C)C)c1C(F)(F)F. The van der Waals surface area contributed by atoms with Crippen molar-refractivity contribution in [1.29, 1.82) is 0 Å². The Morgan fingerprint density at radius 1 is 1.22 bits per heavy atom. The van der Waals surface area contributed by atoms with Gasteiger partial charge in [-0.05, 0) is 63.4 Å². The largest absolute Gasteiger partial charge is 0.433 e. The Labute approximate surface area is 185 Å².